The number of carboxylic acid groups (broad SMARTS) is 1. The van der Waals surface area contributed by atoms with Crippen LogP contribution in [-0.2, 0) is 14.3 Å². The standard InChI is InChI=1S/C23H22ClN3O7S/c1-4-33-20(28)12-34-17-7-5-13(9-18(17)32-3)10-19(22(29)30)35-23-25-21(26-27-23)15-11-14(24)6-8-16(15)31-2/h5-11H,4,12H2,1-3H3,(H,29,30)(H,25,26,27)/b19-10-. The van der Waals surface area contributed by atoms with Crippen molar-refractivity contribution in [2.45, 2.75) is 12.1 Å². The molecule has 12 heteroatoms. The number of carbonyl (C=O) groups excluding carboxylic acids is 1. The lowest BCUT2D eigenvalue weighted by atomic mass is 10.2. The van der Waals surface area contributed by atoms with Gasteiger partial charge in [0.25, 0.3) is 0 Å². The minimum absolute atomic E-state index is 0.0316. The van der Waals surface area contributed by atoms with E-state index in [1.54, 1.807) is 43.3 Å². The van der Waals surface area contributed by atoms with Crippen molar-refractivity contribution in [3.8, 4) is 28.6 Å². The van der Waals surface area contributed by atoms with Crippen LogP contribution in [0.4, 0.5) is 0 Å². The van der Waals surface area contributed by atoms with Crippen LogP contribution < -0.4 is 14.2 Å². The number of rotatable bonds is 11. The first-order chi connectivity index (χ1) is 16.8. The van der Waals surface area contributed by atoms with Crippen LogP contribution in [0.15, 0.2) is 46.5 Å². The number of halogens is 1. The number of H-pyrrole nitrogens is 1. The van der Waals surface area contributed by atoms with E-state index in [9.17, 15) is 14.7 Å². The fourth-order valence-corrected chi connectivity index (χ4v) is 3.77. The van der Waals surface area contributed by atoms with Gasteiger partial charge < -0.3 is 24.1 Å². The molecule has 1 aromatic heterocycles. The Kier molecular flexibility index (Phi) is 8.98. The number of hydrogen-bond acceptors (Lipinski definition) is 9. The third-order valence-electron chi connectivity index (χ3n) is 4.43. The van der Waals surface area contributed by atoms with Crippen molar-refractivity contribution in [2.75, 3.05) is 27.4 Å². The number of esters is 1. The van der Waals surface area contributed by atoms with Crippen molar-refractivity contribution < 1.29 is 33.6 Å². The van der Waals surface area contributed by atoms with E-state index in [0.29, 0.717) is 39.2 Å². The fourth-order valence-electron chi connectivity index (χ4n) is 2.89. The third-order valence-corrected chi connectivity index (χ3v) is 5.54. The summed E-state index contributed by atoms with van der Waals surface area (Å²) in [5, 5.41) is 17.3. The van der Waals surface area contributed by atoms with Crippen LogP contribution in [0.5, 0.6) is 17.2 Å². The van der Waals surface area contributed by atoms with Gasteiger partial charge in [0.15, 0.2) is 23.9 Å². The quantitative estimate of drug-likeness (QED) is 0.214. The molecule has 0 aliphatic carbocycles. The number of aromatic nitrogens is 3. The number of benzene rings is 2. The molecule has 0 aliphatic heterocycles. The first-order valence-electron chi connectivity index (χ1n) is 10.2. The van der Waals surface area contributed by atoms with Crippen molar-refractivity contribution in [2.24, 2.45) is 0 Å². The molecule has 35 heavy (non-hydrogen) atoms. The second kappa shape index (κ2) is 12.1. The molecule has 0 aliphatic rings. The van der Waals surface area contributed by atoms with E-state index in [0.717, 1.165) is 11.8 Å². The molecule has 0 atom stereocenters. The van der Waals surface area contributed by atoms with Gasteiger partial charge in [-0.3, -0.25) is 5.10 Å². The molecule has 0 saturated heterocycles. The summed E-state index contributed by atoms with van der Waals surface area (Å²) in [5.41, 5.74) is 1.12. The Morgan fingerprint density at radius 3 is 2.54 bits per heavy atom. The highest BCUT2D eigenvalue weighted by Gasteiger charge is 2.17. The van der Waals surface area contributed by atoms with Gasteiger partial charge in [0.05, 0.1) is 26.4 Å². The van der Waals surface area contributed by atoms with Gasteiger partial charge in [-0.25, -0.2) is 14.6 Å². The molecule has 0 unspecified atom stereocenters. The van der Waals surface area contributed by atoms with E-state index < -0.39 is 11.9 Å². The predicted molar refractivity (Wildman–Crippen MR) is 130 cm³/mol. The molecular formula is C23H22ClN3O7S. The van der Waals surface area contributed by atoms with Crippen LogP contribution in [0, 0.1) is 0 Å². The third kappa shape index (κ3) is 6.90. The second-order valence-corrected chi connectivity index (χ2v) is 8.18. The number of nitrogens with zero attached hydrogens (tertiary/aromatic N) is 2. The molecule has 0 saturated carbocycles. The molecule has 10 nitrogen and oxygen atoms in total. The number of aromatic amines is 1. The Hall–Kier alpha value is -3.70. The number of ether oxygens (including phenoxy) is 4. The number of carbonyl (C=O) groups is 2. The number of carboxylic acids is 1. The lowest BCUT2D eigenvalue weighted by Gasteiger charge is -2.11. The maximum atomic E-state index is 11.9. The van der Waals surface area contributed by atoms with Crippen LogP contribution in [0.2, 0.25) is 5.02 Å². The van der Waals surface area contributed by atoms with Crippen molar-refractivity contribution >= 4 is 41.4 Å². The number of aliphatic carboxylic acids is 1. The van der Waals surface area contributed by atoms with Gasteiger partial charge in [-0.2, -0.15) is 0 Å². The lowest BCUT2D eigenvalue weighted by Crippen LogP contribution is -2.14. The summed E-state index contributed by atoms with van der Waals surface area (Å²) in [5.74, 6) is -0.121. The average Bonchev–Trinajstić information content (AvgIpc) is 3.31. The summed E-state index contributed by atoms with van der Waals surface area (Å²) in [6.45, 7) is 1.67. The molecule has 3 aromatic rings. The van der Waals surface area contributed by atoms with E-state index in [-0.39, 0.29) is 23.3 Å². The van der Waals surface area contributed by atoms with E-state index in [4.69, 9.17) is 30.5 Å². The number of nitrogens with one attached hydrogen (secondary N) is 1. The predicted octanol–water partition coefficient (Wildman–Crippen LogP) is 4.30. The van der Waals surface area contributed by atoms with E-state index in [2.05, 4.69) is 15.2 Å². The van der Waals surface area contributed by atoms with E-state index >= 15 is 0 Å². The fraction of sp³-hybridized carbons (Fsp3) is 0.217. The Labute approximate surface area is 210 Å². The molecule has 1 heterocycles. The summed E-state index contributed by atoms with van der Waals surface area (Å²) in [4.78, 5) is 27.8. The summed E-state index contributed by atoms with van der Waals surface area (Å²) < 4.78 is 20.9. The minimum atomic E-state index is -1.16. The zero-order valence-electron chi connectivity index (χ0n) is 19.0. The SMILES string of the molecule is CCOC(=O)COc1ccc(/C=C(\Sc2n[nH]c(-c3cc(Cl)ccc3OC)n2)C(=O)O)cc1OC. The summed E-state index contributed by atoms with van der Waals surface area (Å²) in [6.07, 6.45) is 1.45. The van der Waals surface area contributed by atoms with Gasteiger partial charge in [0, 0.05) is 5.02 Å². The highest BCUT2D eigenvalue weighted by molar-refractivity contribution is 8.04. The Bertz CT molecular complexity index is 1250. The molecule has 2 N–H and O–H groups in total. The number of methoxy groups -OCH3 is 2. The van der Waals surface area contributed by atoms with Gasteiger partial charge in [-0.15, -0.1) is 5.10 Å². The smallest absolute Gasteiger partial charge is 0.344 e. The van der Waals surface area contributed by atoms with Crippen molar-refractivity contribution in [3.05, 3.63) is 51.9 Å². The van der Waals surface area contributed by atoms with Gasteiger partial charge >= 0.3 is 11.9 Å². The molecule has 0 fully saturated rings. The first kappa shape index (κ1) is 25.9. The molecule has 0 radical (unpaired) electrons. The second-order valence-electron chi connectivity index (χ2n) is 6.73. The van der Waals surface area contributed by atoms with Crippen LogP contribution in [-0.4, -0.2) is 59.7 Å². The van der Waals surface area contributed by atoms with Gasteiger partial charge in [-0.05, 0) is 60.7 Å². The summed E-state index contributed by atoms with van der Waals surface area (Å²) in [7, 11) is 2.96. The van der Waals surface area contributed by atoms with E-state index in [1.807, 2.05) is 0 Å². The van der Waals surface area contributed by atoms with Crippen molar-refractivity contribution in [3.63, 3.8) is 0 Å². The molecule has 184 valence electrons. The van der Waals surface area contributed by atoms with Crippen LogP contribution in [0.3, 0.4) is 0 Å². The largest absolute Gasteiger partial charge is 0.496 e. The Morgan fingerprint density at radius 1 is 1.11 bits per heavy atom. The zero-order chi connectivity index (χ0) is 25.4. The highest BCUT2D eigenvalue weighted by atomic mass is 35.5. The normalized spacial score (nSPS) is 11.1. The lowest BCUT2D eigenvalue weighted by molar-refractivity contribution is -0.145. The van der Waals surface area contributed by atoms with Gasteiger partial charge in [0.2, 0.25) is 5.16 Å². The molecule has 2 aromatic carbocycles. The molecule has 0 spiro atoms. The highest BCUT2D eigenvalue weighted by Crippen LogP contribution is 2.34. The average molecular weight is 520 g/mol. The first-order valence-corrected chi connectivity index (χ1v) is 11.4. The molecule has 0 amide bonds. The van der Waals surface area contributed by atoms with Gasteiger partial charge in [-0.1, -0.05) is 17.7 Å². The molecule has 3 rings (SSSR count). The maximum absolute atomic E-state index is 11.9. The summed E-state index contributed by atoms with van der Waals surface area (Å²) in [6, 6.07) is 9.84. The van der Waals surface area contributed by atoms with Crippen LogP contribution in [0.25, 0.3) is 17.5 Å². The minimum Gasteiger partial charge on any atom is -0.496 e. The van der Waals surface area contributed by atoms with Gasteiger partial charge in [0.1, 0.15) is 10.7 Å². The monoisotopic (exact) mass is 519 g/mol. The number of thioether (sulfide) groups is 1. The molecule has 0 bridgehead atoms. The van der Waals surface area contributed by atoms with Crippen LogP contribution >= 0.6 is 23.4 Å². The van der Waals surface area contributed by atoms with Crippen LogP contribution in [0.1, 0.15) is 12.5 Å². The zero-order valence-corrected chi connectivity index (χ0v) is 20.6. The summed E-state index contributed by atoms with van der Waals surface area (Å²) >= 11 is 6.94. The maximum Gasteiger partial charge on any atom is 0.344 e. The van der Waals surface area contributed by atoms with E-state index in [1.165, 1.54) is 20.3 Å². The van der Waals surface area contributed by atoms with Crippen molar-refractivity contribution in [1.29, 1.82) is 0 Å². The van der Waals surface area contributed by atoms with Crippen molar-refractivity contribution in [1.82, 2.24) is 15.2 Å². The topological polar surface area (TPSA) is 133 Å². The Balaban J connectivity index is 1.81. The Morgan fingerprint density at radius 2 is 1.86 bits per heavy atom. The number of hydrogen-bond donors (Lipinski definition) is 2. The molecular weight excluding hydrogens is 498 g/mol.